The van der Waals surface area contributed by atoms with E-state index in [0.29, 0.717) is 23.6 Å². The van der Waals surface area contributed by atoms with Gasteiger partial charge in [-0.3, -0.25) is 14.8 Å². The number of benzene rings is 2. The number of anilines is 2. The lowest BCUT2D eigenvalue weighted by Crippen LogP contribution is -2.34. The molecule has 3 N–H and O–H groups in total. The molecule has 0 atom stereocenters. The monoisotopic (exact) mass is 476 g/mol. The van der Waals surface area contributed by atoms with Crippen molar-refractivity contribution in [2.75, 3.05) is 16.6 Å². The highest BCUT2D eigenvalue weighted by Crippen LogP contribution is 2.20. The molecule has 0 saturated heterocycles. The number of rotatable bonds is 8. The van der Waals surface area contributed by atoms with Gasteiger partial charge in [-0.1, -0.05) is 19.1 Å². The Bertz CT molecular complexity index is 1150. The average Bonchev–Trinajstić information content (AvgIpc) is 3.25. The Balaban J connectivity index is 1.62. The lowest BCUT2D eigenvalue weighted by atomic mass is 10.2. The number of amides is 1. The van der Waals surface area contributed by atoms with Gasteiger partial charge in [0.15, 0.2) is 10.2 Å². The minimum atomic E-state index is -3.74. The molecule has 0 aliphatic rings. The standard InChI is InChI=1S/C20H20N4O4S3/c1-2-12-28-17-6-4-3-5-16(17)18(25)23-19(29)22-14-7-9-15(10-8-14)31(26,27)24-20-21-11-13-30-20/h3-11,13H,2,12H2,1H3,(H,21,24)(H2,22,23,25,29). The van der Waals surface area contributed by atoms with Crippen LogP contribution in [0.2, 0.25) is 0 Å². The fraction of sp³-hybridized carbons (Fsp3) is 0.150. The zero-order valence-corrected chi connectivity index (χ0v) is 18.9. The third-order valence-electron chi connectivity index (χ3n) is 3.90. The minimum Gasteiger partial charge on any atom is -0.493 e. The summed E-state index contributed by atoms with van der Waals surface area (Å²) in [6.07, 6.45) is 2.33. The SMILES string of the molecule is CCCOc1ccccc1C(=O)NC(=S)Nc1ccc(S(=O)(=O)Nc2nccs2)cc1. The normalized spacial score (nSPS) is 10.9. The van der Waals surface area contributed by atoms with Crippen LogP contribution in [0.15, 0.2) is 65.0 Å². The third-order valence-corrected chi connectivity index (χ3v) is 6.27. The maximum absolute atomic E-state index is 12.6. The Labute approximate surface area is 189 Å². The predicted molar refractivity (Wildman–Crippen MR) is 125 cm³/mol. The van der Waals surface area contributed by atoms with E-state index < -0.39 is 15.9 Å². The van der Waals surface area contributed by atoms with Crippen molar-refractivity contribution in [1.82, 2.24) is 10.3 Å². The van der Waals surface area contributed by atoms with Crippen molar-refractivity contribution >= 4 is 55.4 Å². The van der Waals surface area contributed by atoms with Crippen LogP contribution >= 0.6 is 23.6 Å². The molecule has 3 rings (SSSR count). The van der Waals surface area contributed by atoms with Gasteiger partial charge in [-0.2, -0.15) is 0 Å². The highest BCUT2D eigenvalue weighted by atomic mass is 32.2. The Kier molecular flexibility index (Phi) is 7.55. The molecule has 8 nitrogen and oxygen atoms in total. The van der Waals surface area contributed by atoms with E-state index in [1.807, 2.05) is 6.92 Å². The number of sulfonamides is 1. The molecule has 31 heavy (non-hydrogen) atoms. The van der Waals surface area contributed by atoms with Gasteiger partial charge >= 0.3 is 0 Å². The molecule has 0 bridgehead atoms. The van der Waals surface area contributed by atoms with Gasteiger partial charge in [-0.25, -0.2) is 13.4 Å². The van der Waals surface area contributed by atoms with E-state index in [9.17, 15) is 13.2 Å². The molecule has 162 valence electrons. The number of aromatic nitrogens is 1. The van der Waals surface area contributed by atoms with Crippen LogP contribution in [-0.4, -0.2) is 31.0 Å². The quantitative estimate of drug-likeness (QED) is 0.424. The van der Waals surface area contributed by atoms with E-state index >= 15 is 0 Å². The highest BCUT2D eigenvalue weighted by Gasteiger charge is 2.16. The first-order valence-electron chi connectivity index (χ1n) is 9.25. The van der Waals surface area contributed by atoms with Crippen LogP contribution in [0.3, 0.4) is 0 Å². The van der Waals surface area contributed by atoms with E-state index in [4.69, 9.17) is 17.0 Å². The van der Waals surface area contributed by atoms with Crippen LogP contribution < -0.4 is 20.1 Å². The number of para-hydroxylation sites is 1. The maximum Gasteiger partial charge on any atom is 0.263 e. The first kappa shape index (κ1) is 22.7. The van der Waals surface area contributed by atoms with E-state index in [2.05, 4.69) is 20.3 Å². The van der Waals surface area contributed by atoms with Crippen LogP contribution in [-0.2, 0) is 10.0 Å². The topological polar surface area (TPSA) is 109 Å². The number of carbonyl (C=O) groups is 1. The number of ether oxygens (including phenoxy) is 1. The summed E-state index contributed by atoms with van der Waals surface area (Å²) in [4.78, 5) is 16.5. The van der Waals surface area contributed by atoms with Gasteiger partial charge in [0.1, 0.15) is 5.75 Å². The zero-order valence-electron chi connectivity index (χ0n) is 16.5. The molecule has 0 aliphatic carbocycles. The van der Waals surface area contributed by atoms with Gasteiger partial charge in [0, 0.05) is 17.3 Å². The Morgan fingerprint density at radius 2 is 1.90 bits per heavy atom. The van der Waals surface area contributed by atoms with Gasteiger partial charge in [0.25, 0.3) is 15.9 Å². The molecular weight excluding hydrogens is 456 g/mol. The van der Waals surface area contributed by atoms with Crippen LogP contribution in [0.4, 0.5) is 10.8 Å². The second-order valence-corrected chi connectivity index (χ2v) is 9.21. The van der Waals surface area contributed by atoms with Crippen molar-refractivity contribution in [1.29, 1.82) is 0 Å². The first-order valence-corrected chi connectivity index (χ1v) is 12.0. The minimum absolute atomic E-state index is 0.0743. The highest BCUT2D eigenvalue weighted by molar-refractivity contribution is 7.93. The molecule has 0 aliphatic heterocycles. The van der Waals surface area contributed by atoms with Crippen molar-refractivity contribution in [2.24, 2.45) is 0 Å². The molecule has 0 fully saturated rings. The summed E-state index contributed by atoms with van der Waals surface area (Å²) in [6, 6.07) is 12.9. The number of thiazole rings is 1. The molecular formula is C20H20N4O4S3. The molecule has 0 radical (unpaired) electrons. The maximum atomic E-state index is 12.6. The van der Waals surface area contributed by atoms with Gasteiger partial charge in [0.2, 0.25) is 0 Å². The molecule has 1 aromatic heterocycles. The number of thiocarbonyl (C=S) groups is 1. The summed E-state index contributed by atoms with van der Waals surface area (Å²) in [5.74, 6) is 0.0722. The van der Waals surface area contributed by atoms with Crippen LogP contribution in [0.5, 0.6) is 5.75 Å². The van der Waals surface area contributed by atoms with Crippen LogP contribution in [0.25, 0.3) is 0 Å². The number of hydrogen-bond acceptors (Lipinski definition) is 7. The largest absolute Gasteiger partial charge is 0.493 e. The van der Waals surface area contributed by atoms with E-state index in [1.54, 1.807) is 41.8 Å². The Morgan fingerprint density at radius 3 is 2.58 bits per heavy atom. The zero-order chi connectivity index (χ0) is 22.3. The lowest BCUT2D eigenvalue weighted by Gasteiger charge is -2.13. The van der Waals surface area contributed by atoms with Crippen LogP contribution in [0, 0.1) is 0 Å². The molecule has 1 heterocycles. The lowest BCUT2D eigenvalue weighted by molar-refractivity contribution is 0.0973. The van der Waals surface area contributed by atoms with Gasteiger partial charge in [-0.15, -0.1) is 11.3 Å². The molecule has 1 amide bonds. The second-order valence-electron chi connectivity index (χ2n) is 6.22. The van der Waals surface area contributed by atoms with Gasteiger partial charge in [0.05, 0.1) is 17.1 Å². The molecule has 11 heteroatoms. The van der Waals surface area contributed by atoms with Crippen molar-refractivity contribution in [3.63, 3.8) is 0 Å². The van der Waals surface area contributed by atoms with Crippen molar-refractivity contribution in [2.45, 2.75) is 18.2 Å². The van der Waals surface area contributed by atoms with Crippen LogP contribution in [0.1, 0.15) is 23.7 Å². The summed E-state index contributed by atoms with van der Waals surface area (Å²) in [7, 11) is -3.74. The van der Waals surface area contributed by atoms with E-state index in [1.165, 1.54) is 29.7 Å². The predicted octanol–water partition coefficient (Wildman–Crippen LogP) is 3.86. The summed E-state index contributed by atoms with van der Waals surface area (Å²) >= 11 is 6.39. The first-order chi connectivity index (χ1) is 14.9. The number of nitrogens with zero attached hydrogens (tertiary/aromatic N) is 1. The third kappa shape index (κ3) is 6.23. The van der Waals surface area contributed by atoms with Gasteiger partial charge < -0.3 is 10.1 Å². The Morgan fingerprint density at radius 1 is 1.16 bits per heavy atom. The fourth-order valence-corrected chi connectivity index (χ4v) is 4.49. The Hall–Kier alpha value is -3.02. The van der Waals surface area contributed by atoms with Gasteiger partial charge in [-0.05, 0) is 55.0 Å². The van der Waals surface area contributed by atoms with Crippen molar-refractivity contribution in [3.05, 3.63) is 65.7 Å². The number of hydrogen-bond donors (Lipinski definition) is 3. The fourth-order valence-electron chi connectivity index (χ4n) is 2.49. The molecule has 0 spiro atoms. The molecule has 3 aromatic rings. The van der Waals surface area contributed by atoms with Crippen molar-refractivity contribution < 1.29 is 17.9 Å². The second kappa shape index (κ2) is 10.3. The average molecular weight is 477 g/mol. The van der Waals surface area contributed by atoms with E-state index in [-0.39, 0.29) is 15.1 Å². The van der Waals surface area contributed by atoms with Crippen molar-refractivity contribution in [3.8, 4) is 5.75 Å². The van der Waals surface area contributed by atoms with E-state index in [0.717, 1.165) is 6.42 Å². The summed E-state index contributed by atoms with van der Waals surface area (Å²) in [5, 5.41) is 7.50. The summed E-state index contributed by atoms with van der Waals surface area (Å²) in [6.45, 7) is 2.48. The smallest absolute Gasteiger partial charge is 0.263 e. The number of nitrogens with one attached hydrogen (secondary N) is 3. The summed E-state index contributed by atoms with van der Waals surface area (Å²) in [5.41, 5.74) is 0.892. The molecule has 0 unspecified atom stereocenters. The molecule has 2 aromatic carbocycles. The number of carbonyl (C=O) groups excluding carboxylic acids is 1. The summed E-state index contributed by atoms with van der Waals surface area (Å²) < 4.78 is 32.8. The molecule has 0 saturated carbocycles.